The second kappa shape index (κ2) is 7.90. The molecule has 2 aliphatic rings. The molecule has 0 unspecified atom stereocenters. The number of piperidine rings is 1. The number of benzene rings is 1. The van der Waals surface area contributed by atoms with Crippen molar-refractivity contribution in [3.8, 4) is 11.4 Å². The van der Waals surface area contributed by atoms with Crippen LogP contribution in [0.4, 0.5) is 0 Å². The van der Waals surface area contributed by atoms with Crippen molar-refractivity contribution in [3.63, 3.8) is 0 Å². The molecule has 1 aliphatic carbocycles. The number of hydrogen-bond donors (Lipinski definition) is 0. The van der Waals surface area contributed by atoms with Crippen LogP contribution in [0.5, 0.6) is 0 Å². The number of carbonyl (C=O) groups excluding carboxylic acids is 1. The molecular weight excluding hydrogens is 394 g/mol. The molecule has 2 aromatic heterocycles. The van der Waals surface area contributed by atoms with Crippen LogP contribution in [0.25, 0.3) is 11.4 Å². The summed E-state index contributed by atoms with van der Waals surface area (Å²) in [5, 5.41) is 8.29. The lowest BCUT2D eigenvalue weighted by atomic mass is 9.79. The van der Waals surface area contributed by atoms with Gasteiger partial charge >= 0.3 is 0 Å². The van der Waals surface area contributed by atoms with Crippen molar-refractivity contribution in [1.29, 1.82) is 0 Å². The van der Waals surface area contributed by atoms with Crippen LogP contribution < -0.4 is 0 Å². The number of amides is 1. The Labute approximate surface area is 181 Å². The summed E-state index contributed by atoms with van der Waals surface area (Å²) in [7, 11) is 0. The summed E-state index contributed by atoms with van der Waals surface area (Å²) >= 11 is 0. The van der Waals surface area contributed by atoms with Crippen LogP contribution in [0.15, 0.2) is 33.3 Å². The van der Waals surface area contributed by atoms with Gasteiger partial charge in [0.1, 0.15) is 0 Å². The number of carbonyl (C=O) groups is 1. The monoisotopic (exact) mass is 421 g/mol. The van der Waals surface area contributed by atoms with Crippen molar-refractivity contribution in [2.45, 2.75) is 63.7 Å². The summed E-state index contributed by atoms with van der Waals surface area (Å²) in [5.41, 5.74) is 1.92. The molecule has 8 nitrogen and oxygen atoms in total. The second-order valence-electron chi connectivity index (χ2n) is 9.05. The van der Waals surface area contributed by atoms with E-state index < -0.39 is 0 Å². The Morgan fingerprint density at radius 1 is 1.16 bits per heavy atom. The number of aromatic nitrogens is 4. The fraction of sp³-hybridized carbons (Fsp3) is 0.522. The number of hydrogen-bond acceptors (Lipinski definition) is 7. The smallest absolute Gasteiger partial charge is 0.229 e. The quantitative estimate of drug-likeness (QED) is 0.597. The van der Waals surface area contributed by atoms with Gasteiger partial charge in [-0.05, 0) is 38.7 Å². The predicted octanol–water partition coefficient (Wildman–Crippen LogP) is 3.82. The molecule has 1 aromatic carbocycles. The van der Waals surface area contributed by atoms with Crippen LogP contribution in [0, 0.1) is 6.92 Å². The summed E-state index contributed by atoms with van der Waals surface area (Å²) in [6.07, 6.45) is 4.77. The molecule has 0 spiro atoms. The Morgan fingerprint density at radius 3 is 2.71 bits per heavy atom. The van der Waals surface area contributed by atoms with Crippen molar-refractivity contribution >= 4 is 5.91 Å². The standard InChI is InChI=1S/C23H27N5O3/c1-15-4-3-5-17(14-15)20-24-18(30-26-20)8-9-19(29)28-12-10-23(2,11-13-28)22-25-21(31-27-22)16-6-7-16/h3-5,14,16H,6-13H2,1-2H3. The molecule has 0 atom stereocenters. The van der Waals surface area contributed by atoms with E-state index in [0.29, 0.717) is 43.6 Å². The fourth-order valence-electron chi connectivity index (χ4n) is 4.08. The highest BCUT2D eigenvalue weighted by molar-refractivity contribution is 5.76. The number of likely N-dealkylation sites (tertiary alicyclic amines) is 1. The van der Waals surface area contributed by atoms with Crippen molar-refractivity contribution in [3.05, 3.63) is 47.4 Å². The maximum atomic E-state index is 12.7. The summed E-state index contributed by atoms with van der Waals surface area (Å²) < 4.78 is 10.8. The Hall–Kier alpha value is -3.03. The highest BCUT2D eigenvalue weighted by Crippen LogP contribution is 2.41. The van der Waals surface area contributed by atoms with E-state index in [1.807, 2.05) is 36.1 Å². The molecule has 0 N–H and O–H groups in total. The van der Waals surface area contributed by atoms with Crippen LogP contribution in [-0.2, 0) is 16.6 Å². The zero-order valence-electron chi connectivity index (χ0n) is 18.0. The highest BCUT2D eigenvalue weighted by atomic mass is 16.5. The van der Waals surface area contributed by atoms with E-state index in [2.05, 4.69) is 27.2 Å². The first kappa shape index (κ1) is 19.9. The van der Waals surface area contributed by atoms with E-state index in [-0.39, 0.29) is 11.3 Å². The minimum absolute atomic E-state index is 0.115. The van der Waals surface area contributed by atoms with E-state index >= 15 is 0 Å². The van der Waals surface area contributed by atoms with Gasteiger partial charge in [0.15, 0.2) is 5.82 Å². The molecule has 5 rings (SSSR count). The Morgan fingerprint density at radius 2 is 1.97 bits per heavy atom. The summed E-state index contributed by atoms with van der Waals surface area (Å²) in [6, 6.07) is 7.96. The Bertz CT molecular complexity index is 1080. The summed E-state index contributed by atoms with van der Waals surface area (Å²) in [4.78, 5) is 23.7. The first-order valence-corrected chi connectivity index (χ1v) is 11.0. The third-order valence-electron chi connectivity index (χ3n) is 6.42. The topological polar surface area (TPSA) is 98.2 Å². The van der Waals surface area contributed by atoms with Crippen LogP contribution in [0.1, 0.15) is 68.1 Å². The van der Waals surface area contributed by atoms with Crippen molar-refractivity contribution in [2.24, 2.45) is 0 Å². The van der Waals surface area contributed by atoms with Gasteiger partial charge in [0.2, 0.25) is 23.5 Å². The van der Waals surface area contributed by atoms with Crippen molar-refractivity contribution in [2.75, 3.05) is 13.1 Å². The zero-order valence-corrected chi connectivity index (χ0v) is 18.0. The molecule has 1 saturated carbocycles. The van der Waals surface area contributed by atoms with Crippen molar-refractivity contribution in [1.82, 2.24) is 25.2 Å². The molecule has 3 aromatic rings. The van der Waals surface area contributed by atoms with E-state index in [0.717, 1.165) is 48.5 Å². The largest absolute Gasteiger partial charge is 0.343 e. The van der Waals surface area contributed by atoms with Crippen LogP contribution >= 0.6 is 0 Å². The van der Waals surface area contributed by atoms with E-state index in [4.69, 9.17) is 9.05 Å². The first-order chi connectivity index (χ1) is 15.0. The third kappa shape index (κ3) is 4.24. The summed E-state index contributed by atoms with van der Waals surface area (Å²) in [5.74, 6) is 3.19. The molecule has 3 heterocycles. The van der Waals surface area contributed by atoms with Gasteiger partial charge in [-0.1, -0.05) is 41.0 Å². The number of rotatable bonds is 6. The molecule has 1 amide bonds. The van der Waals surface area contributed by atoms with E-state index in [9.17, 15) is 4.79 Å². The molecular formula is C23H27N5O3. The van der Waals surface area contributed by atoms with Crippen LogP contribution in [0.3, 0.4) is 0 Å². The Kier molecular flexibility index (Phi) is 5.08. The maximum Gasteiger partial charge on any atom is 0.229 e. The molecule has 162 valence electrons. The van der Waals surface area contributed by atoms with Crippen molar-refractivity contribution < 1.29 is 13.8 Å². The van der Waals surface area contributed by atoms with Gasteiger partial charge in [-0.3, -0.25) is 4.79 Å². The lowest BCUT2D eigenvalue weighted by Crippen LogP contribution is -2.44. The average Bonchev–Trinajstić information content (AvgIpc) is 3.30. The lowest BCUT2D eigenvalue weighted by Gasteiger charge is -2.37. The van der Waals surface area contributed by atoms with Crippen LogP contribution in [-0.4, -0.2) is 44.2 Å². The minimum Gasteiger partial charge on any atom is -0.343 e. The maximum absolute atomic E-state index is 12.7. The normalized spacial score (nSPS) is 18.3. The number of nitrogens with zero attached hydrogens (tertiary/aromatic N) is 5. The van der Waals surface area contributed by atoms with Gasteiger partial charge in [0.25, 0.3) is 0 Å². The van der Waals surface area contributed by atoms with Crippen LogP contribution in [0.2, 0.25) is 0 Å². The second-order valence-corrected chi connectivity index (χ2v) is 9.05. The fourth-order valence-corrected chi connectivity index (χ4v) is 4.08. The molecule has 2 fully saturated rings. The molecule has 8 heteroatoms. The first-order valence-electron chi connectivity index (χ1n) is 11.0. The molecule has 0 bridgehead atoms. The SMILES string of the molecule is Cc1cccc(-c2noc(CCC(=O)N3CCC(C)(c4noc(C5CC5)n4)CC3)n2)c1. The van der Waals surface area contributed by atoms with Gasteiger partial charge < -0.3 is 13.9 Å². The van der Waals surface area contributed by atoms with Gasteiger partial charge in [0.05, 0.1) is 0 Å². The molecule has 0 radical (unpaired) electrons. The predicted molar refractivity (Wildman–Crippen MR) is 112 cm³/mol. The Balaban J connectivity index is 1.14. The van der Waals surface area contributed by atoms with Gasteiger partial charge in [-0.2, -0.15) is 9.97 Å². The molecule has 1 aliphatic heterocycles. The van der Waals surface area contributed by atoms with Gasteiger partial charge in [-0.15, -0.1) is 0 Å². The molecule has 31 heavy (non-hydrogen) atoms. The lowest BCUT2D eigenvalue weighted by molar-refractivity contribution is -0.132. The number of aryl methyl sites for hydroxylation is 2. The zero-order chi connectivity index (χ0) is 21.4. The minimum atomic E-state index is -0.136. The molecule has 1 saturated heterocycles. The average molecular weight is 422 g/mol. The highest BCUT2D eigenvalue weighted by Gasteiger charge is 2.39. The van der Waals surface area contributed by atoms with E-state index in [1.54, 1.807) is 0 Å². The van der Waals surface area contributed by atoms with Gasteiger partial charge in [0, 0.05) is 42.8 Å². The third-order valence-corrected chi connectivity index (χ3v) is 6.42. The van der Waals surface area contributed by atoms with Gasteiger partial charge in [-0.25, -0.2) is 0 Å². The van der Waals surface area contributed by atoms with E-state index in [1.165, 1.54) is 0 Å². The summed E-state index contributed by atoms with van der Waals surface area (Å²) in [6.45, 7) is 5.58.